The van der Waals surface area contributed by atoms with E-state index >= 15 is 0 Å². The molecule has 0 saturated heterocycles. The van der Waals surface area contributed by atoms with Gasteiger partial charge in [-0.15, -0.1) is 0 Å². The molecule has 1 aromatic heterocycles. The predicted octanol–water partition coefficient (Wildman–Crippen LogP) is 6.16. The van der Waals surface area contributed by atoms with Gasteiger partial charge in [0.05, 0.1) is 22.5 Å². The fraction of sp³-hybridized carbons (Fsp3) is 0.182. The molecule has 0 fully saturated rings. The van der Waals surface area contributed by atoms with Gasteiger partial charge in [-0.2, -0.15) is 0 Å². The van der Waals surface area contributed by atoms with Crippen LogP contribution < -0.4 is 5.32 Å². The summed E-state index contributed by atoms with van der Waals surface area (Å²) >= 11 is 0. The summed E-state index contributed by atoms with van der Waals surface area (Å²) in [5.74, 6) is -5.40. The topological polar surface area (TPSA) is 62.2 Å². The smallest absolute Gasteiger partial charge is 0.337 e. The molecule has 0 amide bonds. The molecule has 1 aliphatic carbocycles. The second-order valence-electron chi connectivity index (χ2n) is 7.12. The fourth-order valence-corrected chi connectivity index (χ4v) is 3.52. The molecule has 3 aromatic rings. The van der Waals surface area contributed by atoms with Gasteiger partial charge in [0.2, 0.25) is 0 Å². The first kappa shape index (κ1) is 19.9. The third-order valence-electron chi connectivity index (χ3n) is 5.05. The van der Waals surface area contributed by atoms with Crippen molar-refractivity contribution in [2.45, 2.75) is 25.2 Å². The highest BCUT2D eigenvalue weighted by atomic mass is 19.3. The number of aromatic carboxylic acids is 1. The van der Waals surface area contributed by atoms with E-state index in [2.05, 4.69) is 10.3 Å². The van der Waals surface area contributed by atoms with Gasteiger partial charge >= 0.3 is 5.97 Å². The van der Waals surface area contributed by atoms with E-state index in [4.69, 9.17) is 0 Å². The maximum Gasteiger partial charge on any atom is 0.337 e. The Morgan fingerprint density at radius 2 is 1.83 bits per heavy atom. The second kappa shape index (κ2) is 7.44. The number of aromatic nitrogens is 1. The van der Waals surface area contributed by atoms with E-state index in [1.165, 1.54) is 36.5 Å². The van der Waals surface area contributed by atoms with Gasteiger partial charge in [-0.25, -0.2) is 22.4 Å². The quantitative estimate of drug-likeness (QED) is 0.500. The Morgan fingerprint density at radius 3 is 2.53 bits per heavy atom. The molecule has 2 aromatic carbocycles. The summed E-state index contributed by atoms with van der Waals surface area (Å²) < 4.78 is 54.7. The molecule has 0 saturated carbocycles. The van der Waals surface area contributed by atoms with Crippen molar-refractivity contribution in [2.24, 2.45) is 0 Å². The van der Waals surface area contributed by atoms with Gasteiger partial charge in [-0.3, -0.25) is 4.98 Å². The van der Waals surface area contributed by atoms with Crippen LogP contribution in [-0.4, -0.2) is 22.0 Å². The van der Waals surface area contributed by atoms with Crippen LogP contribution in [0.5, 0.6) is 0 Å². The minimum Gasteiger partial charge on any atom is -0.478 e. The van der Waals surface area contributed by atoms with E-state index in [-0.39, 0.29) is 24.1 Å². The number of benzene rings is 2. The van der Waals surface area contributed by atoms with Crippen LogP contribution >= 0.6 is 0 Å². The maximum absolute atomic E-state index is 14.0. The molecular weight excluding hydrogens is 400 g/mol. The van der Waals surface area contributed by atoms with Crippen molar-refractivity contribution >= 4 is 33.8 Å². The number of carbonyl (C=O) groups is 1. The highest BCUT2D eigenvalue weighted by Crippen LogP contribution is 2.41. The summed E-state index contributed by atoms with van der Waals surface area (Å²) in [7, 11) is 0. The molecule has 0 radical (unpaired) electrons. The predicted molar refractivity (Wildman–Crippen MR) is 105 cm³/mol. The van der Waals surface area contributed by atoms with Crippen molar-refractivity contribution in [2.75, 3.05) is 5.32 Å². The lowest BCUT2D eigenvalue weighted by molar-refractivity contribution is -0.00603. The molecule has 1 aliphatic rings. The maximum atomic E-state index is 14.0. The van der Waals surface area contributed by atoms with Crippen LogP contribution in [0.4, 0.5) is 28.9 Å². The van der Waals surface area contributed by atoms with Gasteiger partial charge in [0.15, 0.2) is 0 Å². The minimum atomic E-state index is -2.79. The van der Waals surface area contributed by atoms with Gasteiger partial charge in [0.1, 0.15) is 11.6 Å². The standard InChI is InChI=1S/C22H16F4N2O2/c23-13-1-3-18-15(9-13)20(28-19-4-2-14(24)10-16(19)21(29)30)17(11-27-18)12-5-7-22(25,26)8-6-12/h1-5,9-11H,6-8H2,(H,27,28)(H,29,30). The number of rotatable bonds is 4. The summed E-state index contributed by atoms with van der Waals surface area (Å²) in [6.07, 6.45) is 2.22. The third-order valence-corrected chi connectivity index (χ3v) is 5.05. The Kier molecular flexibility index (Phi) is 4.93. The number of hydrogen-bond acceptors (Lipinski definition) is 3. The van der Waals surface area contributed by atoms with Gasteiger partial charge < -0.3 is 10.4 Å². The number of anilines is 2. The van der Waals surface area contributed by atoms with Crippen LogP contribution in [0.3, 0.4) is 0 Å². The van der Waals surface area contributed by atoms with Gasteiger partial charge in [-0.05, 0) is 48.4 Å². The van der Waals surface area contributed by atoms with Crippen LogP contribution in [0.25, 0.3) is 16.5 Å². The van der Waals surface area contributed by atoms with Crippen LogP contribution in [0, 0.1) is 11.6 Å². The number of pyridine rings is 1. The van der Waals surface area contributed by atoms with E-state index in [9.17, 15) is 27.5 Å². The summed E-state index contributed by atoms with van der Waals surface area (Å²) in [5, 5.41) is 12.7. The number of alkyl halides is 2. The first-order chi connectivity index (χ1) is 14.2. The Labute approximate surface area is 168 Å². The molecule has 0 bridgehead atoms. The number of fused-ring (bicyclic) bond motifs is 1. The van der Waals surface area contributed by atoms with E-state index in [0.29, 0.717) is 27.7 Å². The lowest BCUT2D eigenvalue weighted by Crippen LogP contribution is -2.18. The number of hydrogen-bond donors (Lipinski definition) is 2. The van der Waals surface area contributed by atoms with Crippen molar-refractivity contribution < 1.29 is 27.5 Å². The number of allylic oxidation sites excluding steroid dienone is 2. The van der Waals surface area contributed by atoms with Gasteiger partial charge in [0.25, 0.3) is 5.92 Å². The number of nitrogens with one attached hydrogen (secondary N) is 1. The van der Waals surface area contributed by atoms with Crippen molar-refractivity contribution in [3.05, 3.63) is 71.4 Å². The molecule has 0 unspecified atom stereocenters. The summed E-state index contributed by atoms with van der Waals surface area (Å²) in [4.78, 5) is 15.9. The second-order valence-corrected chi connectivity index (χ2v) is 7.12. The molecule has 4 nitrogen and oxygen atoms in total. The molecular formula is C22H16F4N2O2. The molecule has 1 heterocycles. The zero-order chi connectivity index (χ0) is 21.5. The average molecular weight is 416 g/mol. The zero-order valence-corrected chi connectivity index (χ0v) is 15.6. The SMILES string of the molecule is O=C(O)c1cc(F)ccc1Nc1c(C2=CCC(F)(F)CC2)cnc2ccc(F)cc12. The van der Waals surface area contributed by atoms with E-state index in [0.717, 1.165) is 12.1 Å². The Balaban J connectivity index is 1.90. The number of carboxylic acid groups (broad SMARTS) is 1. The Hall–Kier alpha value is -3.42. The van der Waals surface area contributed by atoms with Crippen LogP contribution in [0.1, 0.15) is 35.2 Å². The van der Waals surface area contributed by atoms with Crippen LogP contribution in [0.15, 0.2) is 48.7 Å². The fourth-order valence-electron chi connectivity index (χ4n) is 3.52. The highest BCUT2D eigenvalue weighted by Gasteiger charge is 2.32. The lowest BCUT2D eigenvalue weighted by Gasteiger charge is -2.24. The Morgan fingerprint density at radius 1 is 1.10 bits per heavy atom. The Bertz CT molecular complexity index is 1190. The normalized spacial score (nSPS) is 15.7. The third kappa shape index (κ3) is 3.85. The average Bonchev–Trinajstić information content (AvgIpc) is 2.69. The molecule has 4 rings (SSSR count). The monoisotopic (exact) mass is 416 g/mol. The lowest BCUT2D eigenvalue weighted by atomic mass is 9.90. The van der Waals surface area contributed by atoms with Crippen molar-refractivity contribution in [1.29, 1.82) is 0 Å². The van der Waals surface area contributed by atoms with E-state index < -0.39 is 29.9 Å². The van der Waals surface area contributed by atoms with Crippen molar-refractivity contribution in [3.63, 3.8) is 0 Å². The molecule has 0 aliphatic heterocycles. The minimum absolute atomic E-state index is 0.0827. The van der Waals surface area contributed by atoms with Gasteiger partial charge in [0, 0.05) is 30.0 Å². The number of nitrogens with zero attached hydrogens (tertiary/aromatic N) is 1. The first-order valence-electron chi connectivity index (χ1n) is 9.19. The van der Waals surface area contributed by atoms with Crippen LogP contribution in [0.2, 0.25) is 0 Å². The number of halogens is 4. The molecule has 0 spiro atoms. The van der Waals surface area contributed by atoms with Crippen molar-refractivity contribution in [1.82, 2.24) is 4.98 Å². The largest absolute Gasteiger partial charge is 0.478 e. The highest BCUT2D eigenvalue weighted by molar-refractivity contribution is 6.02. The molecule has 154 valence electrons. The summed E-state index contributed by atoms with van der Waals surface area (Å²) in [6.45, 7) is 0. The molecule has 30 heavy (non-hydrogen) atoms. The van der Waals surface area contributed by atoms with Gasteiger partial charge in [-0.1, -0.05) is 6.08 Å². The van der Waals surface area contributed by atoms with Crippen LogP contribution in [-0.2, 0) is 0 Å². The molecule has 0 atom stereocenters. The van der Waals surface area contributed by atoms with Crippen molar-refractivity contribution in [3.8, 4) is 0 Å². The number of carboxylic acids is 1. The molecule has 2 N–H and O–H groups in total. The summed E-state index contributed by atoms with van der Waals surface area (Å²) in [6, 6.07) is 7.16. The molecule has 8 heteroatoms. The van der Waals surface area contributed by atoms with E-state index in [1.807, 2.05) is 0 Å². The van der Waals surface area contributed by atoms with E-state index in [1.54, 1.807) is 0 Å². The summed E-state index contributed by atoms with van der Waals surface area (Å²) in [5.41, 5.74) is 1.59. The first-order valence-corrected chi connectivity index (χ1v) is 9.19. The zero-order valence-electron chi connectivity index (χ0n) is 15.6.